The molecule has 0 saturated heterocycles. The predicted molar refractivity (Wildman–Crippen MR) is 141 cm³/mol. The van der Waals surface area contributed by atoms with E-state index in [-0.39, 0.29) is 31.1 Å². The van der Waals surface area contributed by atoms with Crippen molar-refractivity contribution in [3.8, 4) is 0 Å². The number of hydrogen-bond donors (Lipinski definition) is 9. The van der Waals surface area contributed by atoms with Crippen LogP contribution in [0.1, 0.15) is 38.5 Å². The van der Waals surface area contributed by atoms with Gasteiger partial charge in [-0.25, -0.2) is 4.79 Å². The molecule has 0 saturated carbocycles. The third kappa shape index (κ3) is 14.7. The van der Waals surface area contributed by atoms with Gasteiger partial charge in [-0.3, -0.25) is 19.4 Å². The van der Waals surface area contributed by atoms with Gasteiger partial charge in [0.15, 0.2) is 5.96 Å². The normalized spacial score (nSPS) is 14.2. The monoisotopic (exact) mass is 536 g/mol. The van der Waals surface area contributed by atoms with Crippen LogP contribution < -0.4 is 38.9 Å². The first-order valence-corrected chi connectivity index (χ1v) is 13.3. The van der Waals surface area contributed by atoms with Gasteiger partial charge >= 0.3 is 5.97 Å². The minimum atomic E-state index is -1.18. The Morgan fingerprint density at radius 1 is 0.914 bits per heavy atom. The van der Waals surface area contributed by atoms with Gasteiger partial charge in [-0.05, 0) is 50.7 Å². The summed E-state index contributed by atoms with van der Waals surface area (Å²) in [6.07, 6.45) is 4.31. The summed E-state index contributed by atoms with van der Waals surface area (Å²) >= 11 is 5.57. The van der Waals surface area contributed by atoms with Crippen LogP contribution in [0.3, 0.4) is 0 Å². The number of thioether (sulfide) groups is 1. The van der Waals surface area contributed by atoms with Crippen LogP contribution in [0, 0.1) is 0 Å². The summed E-state index contributed by atoms with van der Waals surface area (Å²) in [7, 11) is 0. The van der Waals surface area contributed by atoms with Crippen LogP contribution in [0.25, 0.3) is 0 Å². The number of nitrogens with one attached hydrogen (secondary N) is 3. The molecule has 0 aliphatic rings. The quantitative estimate of drug-likeness (QED) is 0.0370. The average Bonchev–Trinajstić information content (AvgIpc) is 2.81. The van der Waals surface area contributed by atoms with Gasteiger partial charge in [-0.2, -0.15) is 24.4 Å². The minimum Gasteiger partial charge on any atom is -0.480 e. The van der Waals surface area contributed by atoms with E-state index in [1.165, 1.54) is 11.8 Å². The molecule has 15 heteroatoms. The molecule has 0 aliphatic heterocycles. The van der Waals surface area contributed by atoms with Crippen molar-refractivity contribution in [3.63, 3.8) is 0 Å². The molecule has 202 valence electrons. The molecule has 0 aliphatic carbocycles. The molecule has 0 radical (unpaired) electrons. The van der Waals surface area contributed by atoms with E-state index >= 15 is 0 Å². The summed E-state index contributed by atoms with van der Waals surface area (Å²) in [5, 5.41) is 17.0. The fourth-order valence-corrected chi connectivity index (χ4v) is 3.65. The molecule has 0 fully saturated rings. The van der Waals surface area contributed by atoms with Gasteiger partial charge in [0.1, 0.15) is 18.1 Å². The number of unbranched alkanes of at least 4 members (excludes halogenated alkanes) is 1. The number of carboxylic acid groups (broad SMARTS) is 1. The number of carbonyl (C=O) groups is 4. The Morgan fingerprint density at radius 3 is 2.06 bits per heavy atom. The number of aliphatic carboxylic acids is 1. The average molecular weight is 537 g/mol. The molecule has 4 unspecified atom stereocenters. The molecular weight excluding hydrogens is 496 g/mol. The summed E-state index contributed by atoms with van der Waals surface area (Å²) in [5.74, 6) is -2.65. The van der Waals surface area contributed by atoms with Gasteiger partial charge < -0.3 is 44.0 Å². The standard InChI is InChI=1S/C20H40N8O5S2/c1-35-10-7-14(19(32)33)27-17(30)13(6-4-9-25-20(23)24)26-18(31)15(11-34)28-16(29)12(22)5-2-3-8-21/h12-15,34H,2-11,21-22H2,1H3,(H,26,31)(H,27,30)(H,28,29)(H,32,33)(H4,23,24,25). The van der Waals surface area contributed by atoms with Crippen molar-refractivity contribution >= 4 is 54.0 Å². The van der Waals surface area contributed by atoms with E-state index in [9.17, 15) is 24.3 Å². The fourth-order valence-electron chi connectivity index (χ4n) is 2.92. The number of guanidine groups is 1. The molecule has 3 amide bonds. The van der Waals surface area contributed by atoms with E-state index in [2.05, 4.69) is 33.6 Å². The van der Waals surface area contributed by atoms with Crippen molar-refractivity contribution in [2.24, 2.45) is 27.9 Å². The summed E-state index contributed by atoms with van der Waals surface area (Å²) in [6.45, 7) is 0.698. The molecule has 0 spiro atoms. The van der Waals surface area contributed by atoms with E-state index < -0.39 is 47.9 Å². The first-order valence-electron chi connectivity index (χ1n) is 11.3. The topological polar surface area (TPSA) is 241 Å². The molecule has 0 bridgehead atoms. The van der Waals surface area contributed by atoms with Crippen LogP contribution in [0.15, 0.2) is 4.99 Å². The largest absolute Gasteiger partial charge is 0.480 e. The van der Waals surface area contributed by atoms with Crippen LogP contribution in [-0.4, -0.2) is 89.8 Å². The number of carbonyl (C=O) groups excluding carboxylic acids is 3. The maximum Gasteiger partial charge on any atom is 0.326 e. The molecule has 0 aromatic heterocycles. The second kappa shape index (κ2) is 19.0. The molecule has 12 N–H and O–H groups in total. The Labute approximate surface area is 215 Å². The number of aliphatic imine (C=N–C) groups is 1. The summed E-state index contributed by atoms with van der Waals surface area (Å²) in [4.78, 5) is 53.4. The van der Waals surface area contributed by atoms with Gasteiger partial charge in [0.25, 0.3) is 0 Å². The van der Waals surface area contributed by atoms with Crippen molar-refractivity contribution in [3.05, 3.63) is 0 Å². The Kier molecular flexibility index (Phi) is 17.8. The summed E-state index contributed by atoms with van der Waals surface area (Å²) in [5.41, 5.74) is 21.9. The predicted octanol–water partition coefficient (Wildman–Crippen LogP) is -2.28. The van der Waals surface area contributed by atoms with Crippen LogP contribution in [0.2, 0.25) is 0 Å². The number of thiol groups is 1. The molecule has 0 rings (SSSR count). The van der Waals surface area contributed by atoms with Gasteiger partial charge in [0.2, 0.25) is 17.7 Å². The number of carboxylic acids is 1. The van der Waals surface area contributed by atoms with Gasteiger partial charge in [0, 0.05) is 12.3 Å². The van der Waals surface area contributed by atoms with Gasteiger partial charge in [-0.15, -0.1) is 0 Å². The zero-order chi connectivity index (χ0) is 26.8. The zero-order valence-electron chi connectivity index (χ0n) is 20.1. The van der Waals surface area contributed by atoms with Crippen LogP contribution in [0.4, 0.5) is 0 Å². The lowest BCUT2D eigenvalue weighted by Crippen LogP contribution is -2.57. The lowest BCUT2D eigenvalue weighted by atomic mass is 10.1. The fraction of sp³-hybridized carbons (Fsp3) is 0.750. The number of nitrogens with zero attached hydrogens (tertiary/aromatic N) is 1. The highest BCUT2D eigenvalue weighted by Crippen LogP contribution is 2.06. The molecule has 4 atom stereocenters. The van der Waals surface area contributed by atoms with Crippen molar-refractivity contribution in [1.82, 2.24) is 16.0 Å². The van der Waals surface area contributed by atoms with E-state index in [0.29, 0.717) is 31.6 Å². The van der Waals surface area contributed by atoms with Crippen molar-refractivity contribution in [1.29, 1.82) is 0 Å². The summed E-state index contributed by atoms with van der Waals surface area (Å²) < 4.78 is 0. The number of hydrogen-bond acceptors (Lipinski definition) is 9. The maximum absolute atomic E-state index is 12.9. The minimum absolute atomic E-state index is 0.0408. The second-order valence-electron chi connectivity index (χ2n) is 7.83. The van der Waals surface area contributed by atoms with E-state index in [0.717, 1.165) is 6.42 Å². The van der Waals surface area contributed by atoms with Crippen LogP contribution in [0.5, 0.6) is 0 Å². The van der Waals surface area contributed by atoms with Crippen molar-refractivity contribution < 1.29 is 24.3 Å². The van der Waals surface area contributed by atoms with Crippen LogP contribution in [-0.2, 0) is 19.2 Å². The van der Waals surface area contributed by atoms with Gasteiger partial charge in [-0.1, -0.05) is 6.42 Å². The third-order valence-corrected chi connectivity index (χ3v) is 5.93. The maximum atomic E-state index is 12.9. The number of nitrogens with two attached hydrogens (primary N) is 4. The van der Waals surface area contributed by atoms with Gasteiger partial charge in [0.05, 0.1) is 6.04 Å². The third-order valence-electron chi connectivity index (χ3n) is 4.93. The SMILES string of the molecule is CSCCC(NC(=O)C(CCCN=C(N)N)NC(=O)C(CS)NC(=O)C(N)CCCCN)C(=O)O. The molecule has 35 heavy (non-hydrogen) atoms. The van der Waals surface area contributed by atoms with E-state index in [1.54, 1.807) is 0 Å². The lowest BCUT2D eigenvalue weighted by Gasteiger charge is -2.24. The highest BCUT2D eigenvalue weighted by atomic mass is 32.2. The molecule has 0 aromatic carbocycles. The summed E-state index contributed by atoms with van der Waals surface area (Å²) in [6, 6.07) is -4.06. The Morgan fingerprint density at radius 2 is 1.51 bits per heavy atom. The zero-order valence-corrected chi connectivity index (χ0v) is 21.8. The molecule has 0 aromatic rings. The van der Waals surface area contributed by atoms with Crippen molar-refractivity contribution in [2.45, 2.75) is 62.7 Å². The highest BCUT2D eigenvalue weighted by Gasteiger charge is 2.29. The van der Waals surface area contributed by atoms with E-state index in [4.69, 9.17) is 22.9 Å². The molecular formula is C20H40N8O5S2. The number of rotatable bonds is 19. The Bertz CT molecular complexity index is 709. The Hall–Kier alpha value is -2.23. The smallest absolute Gasteiger partial charge is 0.326 e. The molecule has 13 nitrogen and oxygen atoms in total. The second-order valence-corrected chi connectivity index (χ2v) is 9.18. The Balaban J connectivity index is 5.29. The highest BCUT2D eigenvalue weighted by molar-refractivity contribution is 7.98. The van der Waals surface area contributed by atoms with Crippen molar-refractivity contribution in [2.75, 3.05) is 30.9 Å². The van der Waals surface area contributed by atoms with Crippen LogP contribution >= 0.6 is 24.4 Å². The number of amides is 3. The lowest BCUT2D eigenvalue weighted by molar-refractivity contribution is -0.142. The first-order chi connectivity index (χ1) is 16.6. The van der Waals surface area contributed by atoms with E-state index in [1.807, 2.05) is 6.26 Å². The molecule has 0 heterocycles. The first kappa shape index (κ1) is 32.8.